The molecule has 0 aliphatic heterocycles. The Labute approximate surface area is 168 Å². The Morgan fingerprint density at radius 2 is 1.86 bits per heavy atom. The topological polar surface area (TPSA) is 87.6 Å². The summed E-state index contributed by atoms with van der Waals surface area (Å²) >= 11 is 1.10. The molecule has 0 bridgehead atoms. The smallest absolute Gasteiger partial charge is 0.273 e. The summed E-state index contributed by atoms with van der Waals surface area (Å²) in [5.41, 5.74) is 5.84. The molecule has 1 heterocycles. The van der Waals surface area contributed by atoms with E-state index in [4.69, 9.17) is 0 Å². The number of hydrogen-bond donors (Lipinski definition) is 2. The van der Waals surface area contributed by atoms with Crippen LogP contribution in [0, 0.1) is 13.8 Å². The summed E-state index contributed by atoms with van der Waals surface area (Å²) in [5, 5.41) is 5.68. The van der Waals surface area contributed by atoms with Gasteiger partial charge in [-0.25, -0.2) is 13.8 Å². The molecule has 0 fully saturated rings. The second-order valence-corrected chi connectivity index (χ2v) is 9.00. The van der Waals surface area contributed by atoms with Gasteiger partial charge in [-0.15, -0.1) is 11.3 Å². The van der Waals surface area contributed by atoms with Crippen molar-refractivity contribution in [1.82, 2.24) is 5.43 Å². The van der Waals surface area contributed by atoms with Crippen LogP contribution in [-0.2, 0) is 10.0 Å². The van der Waals surface area contributed by atoms with Gasteiger partial charge in [0.15, 0.2) is 0 Å². The highest BCUT2D eigenvalue weighted by atomic mass is 32.2. The lowest BCUT2D eigenvalue weighted by Crippen LogP contribution is -2.21. The largest absolute Gasteiger partial charge is 0.278 e. The summed E-state index contributed by atoms with van der Waals surface area (Å²) in [7, 11) is -3.75. The number of aryl methyl sites for hydroxylation is 2. The molecule has 2 aromatic carbocycles. The minimum atomic E-state index is -3.75. The minimum absolute atomic E-state index is 0.177. The van der Waals surface area contributed by atoms with E-state index in [0.717, 1.165) is 28.0 Å². The number of hydrazone groups is 1. The number of anilines is 1. The minimum Gasteiger partial charge on any atom is -0.278 e. The van der Waals surface area contributed by atoms with Crippen molar-refractivity contribution in [3.63, 3.8) is 0 Å². The third-order valence-electron chi connectivity index (χ3n) is 3.98. The Hall–Kier alpha value is -2.97. The van der Waals surface area contributed by atoms with Gasteiger partial charge in [0, 0.05) is 0 Å². The molecule has 0 radical (unpaired) electrons. The number of thiophene rings is 1. The van der Waals surface area contributed by atoms with E-state index in [1.54, 1.807) is 29.8 Å². The van der Waals surface area contributed by atoms with Crippen LogP contribution in [0.2, 0.25) is 0 Å². The van der Waals surface area contributed by atoms with Crippen LogP contribution < -0.4 is 10.1 Å². The molecule has 28 heavy (non-hydrogen) atoms. The fourth-order valence-electron chi connectivity index (χ4n) is 2.50. The first-order valence-corrected chi connectivity index (χ1v) is 10.8. The van der Waals surface area contributed by atoms with Crippen molar-refractivity contribution < 1.29 is 13.2 Å². The molecule has 6 nitrogen and oxygen atoms in total. The van der Waals surface area contributed by atoms with E-state index in [9.17, 15) is 13.2 Å². The number of carbonyl (C=O) groups is 1. The number of sulfonamides is 1. The molecule has 0 aliphatic carbocycles. The first-order valence-electron chi connectivity index (χ1n) is 8.43. The van der Waals surface area contributed by atoms with E-state index in [1.807, 2.05) is 32.0 Å². The van der Waals surface area contributed by atoms with Crippen molar-refractivity contribution in [3.05, 3.63) is 82.2 Å². The van der Waals surface area contributed by atoms with Gasteiger partial charge in [-0.2, -0.15) is 5.10 Å². The molecule has 0 saturated carbocycles. The van der Waals surface area contributed by atoms with Gasteiger partial charge in [-0.1, -0.05) is 42.0 Å². The average Bonchev–Trinajstić information content (AvgIpc) is 3.20. The molecule has 2 N–H and O–H groups in total. The van der Waals surface area contributed by atoms with Crippen LogP contribution in [-0.4, -0.2) is 20.5 Å². The Morgan fingerprint density at radius 3 is 2.61 bits per heavy atom. The predicted octanol–water partition coefficient (Wildman–Crippen LogP) is 3.93. The highest BCUT2D eigenvalue weighted by Crippen LogP contribution is 2.22. The van der Waals surface area contributed by atoms with Crippen LogP contribution in [0.3, 0.4) is 0 Å². The standard InChI is InChI=1S/C20H19N3O3S2/c1-14-9-10-15(2)16(12-14)13-21-22-20(24)17-6-3-4-7-18(17)23-28(25,26)19-8-5-11-27-19/h3-13,23H,1-2H3,(H,22,24)/b21-13+. The van der Waals surface area contributed by atoms with Gasteiger partial charge < -0.3 is 0 Å². The number of nitrogens with zero attached hydrogens (tertiary/aromatic N) is 1. The van der Waals surface area contributed by atoms with Gasteiger partial charge >= 0.3 is 0 Å². The summed E-state index contributed by atoms with van der Waals surface area (Å²) in [6.07, 6.45) is 1.57. The number of carbonyl (C=O) groups excluding carboxylic acids is 1. The predicted molar refractivity (Wildman–Crippen MR) is 113 cm³/mol. The number of rotatable bonds is 6. The fraction of sp³-hybridized carbons (Fsp3) is 0.100. The zero-order valence-electron chi connectivity index (χ0n) is 15.3. The first kappa shape index (κ1) is 19.8. The van der Waals surface area contributed by atoms with Crippen molar-refractivity contribution >= 4 is 39.2 Å². The Kier molecular flexibility index (Phi) is 5.91. The SMILES string of the molecule is Cc1ccc(C)c(/C=N/NC(=O)c2ccccc2NS(=O)(=O)c2cccs2)c1. The highest BCUT2D eigenvalue weighted by Gasteiger charge is 2.19. The summed E-state index contributed by atoms with van der Waals surface area (Å²) in [6, 6.07) is 15.5. The van der Waals surface area contributed by atoms with Crippen LogP contribution in [0.25, 0.3) is 0 Å². The van der Waals surface area contributed by atoms with Crippen LogP contribution in [0.4, 0.5) is 5.69 Å². The van der Waals surface area contributed by atoms with Gasteiger partial charge in [0.05, 0.1) is 17.5 Å². The molecule has 0 aliphatic rings. The van der Waals surface area contributed by atoms with E-state index in [-0.39, 0.29) is 15.5 Å². The molecular weight excluding hydrogens is 394 g/mol. The van der Waals surface area contributed by atoms with Gasteiger partial charge in [-0.3, -0.25) is 9.52 Å². The maximum Gasteiger partial charge on any atom is 0.273 e. The molecule has 0 saturated heterocycles. The molecular formula is C20H19N3O3S2. The van der Waals surface area contributed by atoms with Crippen molar-refractivity contribution in [2.75, 3.05) is 4.72 Å². The Morgan fingerprint density at radius 1 is 1.07 bits per heavy atom. The Bertz CT molecular complexity index is 1120. The Balaban J connectivity index is 1.78. The van der Waals surface area contributed by atoms with E-state index >= 15 is 0 Å². The summed E-state index contributed by atoms with van der Waals surface area (Å²) in [5.74, 6) is -0.508. The molecule has 0 atom stereocenters. The van der Waals surface area contributed by atoms with E-state index < -0.39 is 15.9 Å². The lowest BCUT2D eigenvalue weighted by Gasteiger charge is -2.10. The quantitative estimate of drug-likeness (QED) is 0.474. The maximum absolute atomic E-state index is 12.5. The van der Waals surface area contributed by atoms with E-state index in [2.05, 4.69) is 15.2 Å². The van der Waals surface area contributed by atoms with Gasteiger partial charge in [0.2, 0.25) is 0 Å². The molecule has 1 aromatic heterocycles. The third kappa shape index (κ3) is 4.65. The number of amides is 1. The molecule has 1 amide bonds. The van der Waals surface area contributed by atoms with E-state index in [1.165, 1.54) is 18.2 Å². The highest BCUT2D eigenvalue weighted by molar-refractivity contribution is 7.94. The van der Waals surface area contributed by atoms with Crippen LogP contribution >= 0.6 is 11.3 Å². The maximum atomic E-state index is 12.5. The summed E-state index contributed by atoms with van der Waals surface area (Å²) < 4.78 is 27.5. The van der Waals surface area contributed by atoms with Crippen LogP contribution in [0.1, 0.15) is 27.0 Å². The van der Waals surface area contributed by atoms with E-state index in [0.29, 0.717) is 0 Å². The summed E-state index contributed by atoms with van der Waals surface area (Å²) in [6.45, 7) is 3.93. The molecule has 3 rings (SSSR count). The molecule has 0 unspecified atom stereocenters. The zero-order valence-corrected chi connectivity index (χ0v) is 17.0. The lowest BCUT2D eigenvalue weighted by molar-refractivity contribution is 0.0956. The lowest BCUT2D eigenvalue weighted by atomic mass is 10.1. The number of hydrogen-bond acceptors (Lipinski definition) is 5. The van der Waals surface area contributed by atoms with Crippen LogP contribution in [0.5, 0.6) is 0 Å². The number of nitrogens with one attached hydrogen (secondary N) is 2. The van der Waals surface area contributed by atoms with Crippen molar-refractivity contribution in [2.24, 2.45) is 5.10 Å². The molecule has 3 aromatic rings. The van der Waals surface area contributed by atoms with Crippen molar-refractivity contribution in [1.29, 1.82) is 0 Å². The molecule has 0 spiro atoms. The number of para-hydroxylation sites is 1. The first-order chi connectivity index (χ1) is 13.4. The average molecular weight is 414 g/mol. The normalized spacial score (nSPS) is 11.5. The van der Waals surface area contributed by atoms with Crippen molar-refractivity contribution in [3.8, 4) is 0 Å². The zero-order chi connectivity index (χ0) is 20.1. The molecule has 144 valence electrons. The molecule has 8 heteroatoms. The number of benzene rings is 2. The van der Waals surface area contributed by atoms with Crippen molar-refractivity contribution in [2.45, 2.75) is 18.1 Å². The van der Waals surface area contributed by atoms with Gasteiger partial charge in [0.1, 0.15) is 4.21 Å². The second-order valence-electron chi connectivity index (χ2n) is 6.14. The van der Waals surface area contributed by atoms with Gasteiger partial charge in [0.25, 0.3) is 15.9 Å². The fourth-order valence-corrected chi connectivity index (χ4v) is 4.57. The van der Waals surface area contributed by atoms with Gasteiger partial charge in [-0.05, 0) is 48.6 Å². The third-order valence-corrected chi connectivity index (χ3v) is 6.74. The summed E-state index contributed by atoms with van der Waals surface area (Å²) in [4.78, 5) is 12.5. The monoisotopic (exact) mass is 413 g/mol. The van der Waals surface area contributed by atoms with Crippen LogP contribution in [0.15, 0.2) is 69.3 Å². The second kappa shape index (κ2) is 8.37.